The maximum absolute atomic E-state index is 13.5. The summed E-state index contributed by atoms with van der Waals surface area (Å²) in [7, 11) is 0. The monoisotopic (exact) mass is 886 g/mol. The van der Waals surface area contributed by atoms with Gasteiger partial charge in [0, 0.05) is 30.2 Å². The lowest BCUT2D eigenvalue weighted by Gasteiger charge is -2.30. The van der Waals surface area contributed by atoms with E-state index in [1.807, 2.05) is 34.6 Å². The molecule has 0 bridgehead atoms. The molecule has 0 aliphatic heterocycles. The molecule has 17 heteroatoms. The van der Waals surface area contributed by atoms with Crippen LogP contribution in [0.15, 0.2) is 48.6 Å². The Morgan fingerprint density at radius 3 is 2.03 bits per heavy atom. The molecule has 17 nitrogen and oxygen atoms in total. The molecule has 0 saturated carbocycles. The van der Waals surface area contributed by atoms with E-state index >= 15 is 0 Å². The third-order valence-corrected chi connectivity index (χ3v) is 10.2. The highest BCUT2D eigenvalue weighted by Gasteiger charge is 2.34. The molecule has 0 aromatic heterocycles. The molecule has 1 aromatic rings. The van der Waals surface area contributed by atoms with E-state index in [0.29, 0.717) is 30.6 Å². The Labute approximate surface area is 372 Å². The molecule has 1 rings (SSSR count). The second kappa shape index (κ2) is 28.9. The van der Waals surface area contributed by atoms with Crippen LogP contribution in [-0.2, 0) is 52.6 Å². The number of nitrogens with one attached hydrogen (secondary N) is 4. The molecule has 352 valence electrons. The number of amides is 4. The molecular formula is C46H71N5O12. The van der Waals surface area contributed by atoms with Crippen LogP contribution in [-0.4, -0.2) is 90.5 Å². The Bertz CT molecular complexity index is 1730. The number of unbranched alkanes of at least 4 members (excludes halogenated alkanes) is 2. The first-order valence-corrected chi connectivity index (χ1v) is 21.8. The zero-order valence-electron chi connectivity index (χ0n) is 38.5. The first-order chi connectivity index (χ1) is 29.6. The number of esters is 3. The second-order valence-corrected chi connectivity index (χ2v) is 16.7. The van der Waals surface area contributed by atoms with Gasteiger partial charge in [-0.05, 0) is 87.9 Å². The highest BCUT2D eigenvalue weighted by molar-refractivity contribution is 5.98. The predicted octanol–water partition coefficient (Wildman–Crippen LogP) is 5.04. The number of carbonyl (C=O) groups excluding carboxylic acids is 7. The molecule has 4 amide bonds. The normalized spacial score (nSPS) is 14.5. The molecule has 0 radical (unpaired) electrons. The topological polar surface area (TPSA) is 259 Å². The van der Waals surface area contributed by atoms with Crippen LogP contribution < -0.4 is 27.0 Å². The number of anilines is 1. The van der Waals surface area contributed by atoms with Crippen LogP contribution >= 0.6 is 0 Å². The number of benzene rings is 1. The van der Waals surface area contributed by atoms with E-state index < -0.39 is 83.1 Å². The quantitative estimate of drug-likeness (QED) is 0.0203. The minimum absolute atomic E-state index is 0.00630. The zero-order valence-corrected chi connectivity index (χ0v) is 38.5. The molecule has 1 aromatic carbocycles. The van der Waals surface area contributed by atoms with Crippen LogP contribution in [0.1, 0.15) is 125 Å². The molecule has 0 aliphatic rings. The minimum Gasteiger partial charge on any atom is -0.478 e. The van der Waals surface area contributed by atoms with Gasteiger partial charge in [0.15, 0.2) is 0 Å². The lowest BCUT2D eigenvalue weighted by molar-refractivity contribution is -0.151. The van der Waals surface area contributed by atoms with Crippen molar-refractivity contribution in [1.82, 2.24) is 16.0 Å². The first-order valence-electron chi connectivity index (χ1n) is 21.8. The van der Waals surface area contributed by atoms with E-state index in [0.717, 1.165) is 25.0 Å². The summed E-state index contributed by atoms with van der Waals surface area (Å²) < 4.78 is 16.2. The minimum atomic E-state index is -1.16. The van der Waals surface area contributed by atoms with Crippen molar-refractivity contribution in [1.29, 1.82) is 0 Å². The van der Waals surface area contributed by atoms with Crippen LogP contribution in [0.2, 0.25) is 0 Å². The number of hydrogen-bond acceptors (Lipinski definition) is 12. The molecule has 6 atom stereocenters. The number of carboxylic acid groups (broad SMARTS) is 1. The highest BCUT2D eigenvalue weighted by atomic mass is 16.5. The van der Waals surface area contributed by atoms with Crippen LogP contribution in [0.4, 0.5) is 5.69 Å². The Kier molecular flexibility index (Phi) is 25.4. The van der Waals surface area contributed by atoms with Crippen molar-refractivity contribution < 1.29 is 57.7 Å². The zero-order chi connectivity index (χ0) is 47.7. The third kappa shape index (κ3) is 22.4. The van der Waals surface area contributed by atoms with Gasteiger partial charge in [0.1, 0.15) is 24.2 Å². The molecule has 0 fully saturated rings. The fourth-order valence-electron chi connectivity index (χ4n) is 6.67. The molecule has 0 saturated heterocycles. The summed E-state index contributed by atoms with van der Waals surface area (Å²) in [5, 5.41) is 19.7. The van der Waals surface area contributed by atoms with Crippen molar-refractivity contribution in [2.45, 2.75) is 138 Å². The maximum Gasteiger partial charge on any atom is 0.330 e. The standard InChI is InChI=1S/C46H71N5O12/c1-10-33(24-26-62-38(55)19-15-14-18-37(53)54)41(45(60)61-11-2)51-42(57)30(5)27-46(8,9)28-39(56)63-32(7)34-20-22-35(23-21-34)49-43(58)31(6)48-44(59)40(29(3)4)50-36(52)17-13-12-16-25-47/h14-15,18-23,29-33,40-41H,10-13,16-17,24-28,47H2,1-9H3,(H,48,59)(H,49,58)(H,50,52)(H,51,57)(H,53,54)/b18-14-,19-15+/t30?,31-,32?,33+,40?,41?/m0/s1. The number of rotatable bonds is 29. The van der Waals surface area contributed by atoms with Gasteiger partial charge in [0.05, 0.1) is 19.6 Å². The fourth-order valence-corrected chi connectivity index (χ4v) is 6.67. The Morgan fingerprint density at radius 2 is 1.44 bits per heavy atom. The molecule has 63 heavy (non-hydrogen) atoms. The number of hydrogen-bond donors (Lipinski definition) is 6. The Hall–Kier alpha value is -5.58. The molecule has 7 N–H and O–H groups in total. The van der Waals surface area contributed by atoms with Crippen molar-refractivity contribution in [2.75, 3.05) is 25.1 Å². The van der Waals surface area contributed by atoms with Crippen LogP contribution in [0.3, 0.4) is 0 Å². The average Bonchev–Trinajstić information content (AvgIpc) is 3.20. The smallest absolute Gasteiger partial charge is 0.330 e. The number of carbonyl (C=O) groups is 8. The number of ether oxygens (including phenoxy) is 3. The lowest BCUT2D eigenvalue weighted by Crippen LogP contribution is -2.53. The van der Waals surface area contributed by atoms with Gasteiger partial charge in [-0.2, -0.15) is 0 Å². The van der Waals surface area contributed by atoms with E-state index in [2.05, 4.69) is 21.3 Å². The molecule has 4 unspecified atom stereocenters. The van der Waals surface area contributed by atoms with Crippen molar-refractivity contribution in [3.05, 3.63) is 54.1 Å². The summed E-state index contributed by atoms with van der Waals surface area (Å²) in [6, 6.07) is 4.00. The number of nitrogens with two attached hydrogens (primary N) is 1. The summed E-state index contributed by atoms with van der Waals surface area (Å²) in [4.78, 5) is 101. The third-order valence-electron chi connectivity index (χ3n) is 10.2. The molecular weight excluding hydrogens is 815 g/mol. The largest absolute Gasteiger partial charge is 0.478 e. The van der Waals surface area contributed by atoms with Gasteiger partial charge in [-0.1, -0.05) is 78.7 Å². The van der Waals surface area contributed by atoms with Crippen molar-refractivity contribution in [3.63, 3.8) is 0 Å². The van der Waals surface area contributed by atoms with Crippen molar-refractivity contribution in [2.24, 2.45) is 28.9 Å². The maximum atomic E-state index is 13.5. The van der Waals surface area contributed by atoms with Gasteiger partial charge in [-0.15, -0.1) is 0 Å². The van der Waals surface area contributed by atoms with Gasteiger partial charge < -0.3 is 46.3 Å². The highest BCUT2D eigenvalue weighted by Crippen LogP contribution is 2.32. The van der Waals surface area contributed by atoms with Crippen LogP contribution in [0.25, 0.3) is 0 Å². The van der Waals surface area contributed by atoms with Gasteiger partial charge in [-0.25, -0.2) is 14.4 Å². The van der Waals surface area contributed by atoms with E-state index in [9.17, 15) is 38.4 Å². The van der Waals surface area contributed by atoms with Gasteiger partial charge >= 0.3 is 23.9 Å². The number of carboxylic acids is 1. The average molecular weight is 886 g/mol. The Balaban J connectivity index is 2.77. The van der Waals surface area contributed by atoms with Crippen molar-refractivity contribution in [3.8, 4) is 0 Å². The summed E-state index contributed by atoms with van der Waals surface area (Å²) in [5.74, 6) is -5.78. The summed E-state index contributed by atoms with van der Waals surface area (Å²) >= 11 is 0. The summed E-state index contributed by atoms with van der Waals surface area (Å²) in [6.07, 6.45) is 7.28. The number of aliphatic carboxylic acids is 1. The molecule has 0 aliphatic carbocycles. The first kappa shape index (κ1) is 55.4. The predicted molar refractivity (Wildman–Crippen MR) is 237 cm³/mol. The van der Waals surface area contributed by atoms with Gasteiger partial charge in [0.25, 0.3) is 0 Å². The Morgan fingerprint density at radius 1 is 0.794 bits per heavy atom. The van der Waals surface area contributed by atoms with Crippen molar-refractivity contribution >= 4 is 53.2 Å². The SMILES string of the molecule is CCOC(=O)C(NC(=O)C(C)CC(C)(C)CC(=O)OC(C)c1ccc(NC(=O)[C@H](C)NC(=O)C(NC(=O)CCCCCN)C(C)C)cc1)[C@H](CC)CCOC(=O)/C=C/C=C\C(=O)O. The van der Waals surface area contributed by atoms with Gasteiger partial charge in [0.2, 0.25) is 23.6 Å². The van der Waals surface area contributed by atoms with E-state index in [1.165, 1.54) is 12.2 Å². The summed E-state index contributed by atoms with van der Waals surface area (Å²) in [6.45, 7) is 16.3. The van der Waals surface area contributed by atoms with Crippen LogP contribution in [0, 0.1) is 23.2 Å². The van der Waals surface area contributed by atoms with E-state index in [1.54, 1.807) is 52.0 Å². The van der Waals surface area contributed by atoms with Gasteiger partial charge in [-0.3, -0.25) is 24.0 Å². The number of allylic oxidation sites excluding steroid dienone is 2. The fraction of sp³-hybridized carbons (Fsp3) is 0.609. The second-order valence-electron chi connectivity index (χ2n) is 16.7. The molecule has 0 heterocycles. The lowest BCUT2D eigenvalue weighted by atomic mass is 9.80. The molecule has 0 spiro atoms. The van der Waals surface area contributed by atoms with E-state index in [-0.39, 0.29) is 50.7 Å². The van der Waals surface area contributed by atoms with E-state index in [4.69, 9.17) is 25.1 Å². The van der Waals surface area contributed by atoms with Crippen LogP contribution in [0.5, 0.6) is 0 Å². The summed E-state index contributed by atoms with van der Waals surface area (Å²) in [5.41, 5.74) is 5.96.